The standard InChI is InChI=1S/C25H23N3O7/c1-16(17-8-4-3-5-9-17)26-24(30)19-10-6-7-11-20(19)27-23(29)15-35-25(31)18-12-13-22(34-2)21(14-18)28(32)33/h3-14,16H,15H2,1-2H3,(H,26,30)(H,27,29). The number of nitrogens with zero attached hydrogens (tertiary/aromatic N) is 1. The van der Waals surface area contributed by atoms with Gasteiger partial charge >= 0.3 is 11.7 Å². The van der Waals surface area contributed by atoms with Crippen LogP contribution in [0.25, 0.3) is 0 Å². The summed E-state index contributed by atoms with van der Waals surface area (Å²) in [7, 11) is 1.27. The van der Waals surface area contributed by atoms with Crippen molar-refractivity contribution in [3.8, 4) is 5.75 Å². The van der Waals surface area contributed by atoms with Crippen LogP contribution in [0.5, 0.6) is 5.75 Å². The number of carbonyl (C=O) groups is 3. The number of nitro groups is 1. The zero-order valence-electron chi connectivity index (χ0n) is 19.0. The molecule has 0 bridgehead atoms. The van der Waals surface area contributed by atoms with E-state index in [1.54, 1.807) is 24.3 Å². The predicted molar refractivity (Wildman–Crippen MR) is 127 cm³/mol. The average molecular weight is 477 g/mol. The Morgan fingerprint density at radius 1 is 1.00 bits per heavy atom. The van der Waals surface area contributed by atoms with E-state index in [1.807, 2.05) is 37.3 Å². The zero-order valence-corrected chi connectivity index (χ0v) is 19.0. The quantitative estimate of drug-likeness (QED) is 0.271. The second kappa shape index (κ2) is 11.4. The van der Waals surface area contributed by atoms with Gasteiger partial charge in [0.15, 0.2) is 12.4 Å². The van der Waals surface area contributed by atoms with E-state index in [2.05, 4.69) is 10.6 Å². The molecule has 0 heterocycles. The lowest BCUT2D eigenvalue weighted by Crippen LogP contribution is -2.28. The van der Waals surface area contributed by atoms with Crippen molar-refractivity contribution in [3.05, 3.63) is 99.6 Å². The van der Waals surface area contributed by atoms with Crippen LogP contribution in [-0.4, -0.2) is 36.4 Å². The molecule has 180 valence electrons. The van der Waals surface area contributed by atoms with E-state index in [9.17, 15) is 24.5 Å². The van der Waals surface area contributed by atoms with E-state index in [1.165, 1.54) is 19.2 Å². The maximum atomic E-state index is 12.8. The van der Waals surface area contributed by atoms with Crippen LogP contribution in [0.1, 0.15) is 39.2 Å². The number of ether oxygens (including phenoxy) is 2. The summed E-state index contributed by atoms with van der Waals surface area (Å²) < 4.78 is 9.87. The first-order valence-corrected chi connectivity index (χ1v) is 10.5. The monoisotopic (exact) mass is 477 g/mol. The van der Waals surface area contributed by atoms with Crippen molar-refractivity contribution >= 4 is 29.2 Å². The number of rotatable bonds is 9. The van der Waals surface area contributed by atoms with Gasteiger partial charge in [0.1, 0.15) is 0 Å². The Balaban J connectivity index is 1.63. The molecule has 3 rings (SSSR count). The molecule has 3 aromatic carbocycles. The molecular formula is C25H23N3O7. The largest absolute Gasteiger partial charge is 0.490 e. The fourth-order valence-electron chi connectivity index (χ4n) is 3.25. The molecule has 3 aromatic rings. The van der Waals surface area contributed by atoms with Gasteiger partial charge in [0, 0.05) is 6.07 Å². The zero-order chi connectivity index (χ0) is 25.4. The van der Waals surface area contributed by atoms with Gasteiger partial charge in [-0.1, -0.05) is 42.5 Å². The van der Waals surface area contributed by atoms with E-state index in [0.717, 1.165) is 11.6 Å². The van der Waals surface area contributed by atoms with Crippen molar-refractivity contribution in [2.24, 2.45) is 0 Å². The fraction of sp³-hybridized carbons (Fsp3) is 0.160. The third kappa shape index (κ3) is 6.41. The van der Waals surface area contributed by atoms with Crippen molar-refractivity contribution in [2.75, 3.05) is 19.0 Å². The lowest BCUT2D eigenvalue weighted by molar-refractivity contribution is -0.385. The van der Waals surface area contributed by atoms with Gasteiger partial charge < -0.3 is 20.1 Å². The van der Waals surface area contributed by atoms with Crippen LogP contribution in [0.2, 0.25) is 0 Å². The Morgan fingerprint density at radius 2 is 1.69 bits per heavy atom. The molecular weight excluding hydrogens is 454 g/mol. The minimum Gasteiger partial charge on any atom is -0.490 e. The van der Waals surface area contributed by atoms with E-state index in [-0.39, 0.29) is 34.5 Å². The lowest BCUT2D eigenvalue weighted by atomic mass is 10.1. The van der Waals surface area contributed by atoms with Crippen LogP contribution < -0.4 is 15.4 Å². The molecule has 2 N–H and O–H groups in total. The number of hydrogen-bond donors (Lipinski definition) is 2. The van der Waals surface area contributed by atoms with Crippen LogP contribution >= 0.6 is 0 Å². The lowest BCUT2D eigenvalue weighted by Gasteiger charge is -2.16. The summed E-state index contributed by atoms with van der Waals surface area (Å²) in [6, 6.07) is 19.1. The Labute approximate surface area is 201 Å². The molecule has 0 aliphatic rings. The summed E-state index contributed by atoms with van der Waals surface area (Å²) in [6.45, 7) is 1.19. The maximum absolute atomic E-state index is 12.8. The van der Waals surface area contributed by atoms with Crippen LogP contribution in [0, 0.1) is 10.1 Å². The number of esters is 1. The van der Waals surface area contributed by atoms with Crippen molar-refractivity contribution in [2.45, 2.75) is 13.0 Å². The van der Waals surface area contributed by atoms with Crippen LogP contribution in [0.4, 0.5) is 11.4 Å². The van der Waals surface area contributed by atoms with Gasteiger partial charge in [-0.15, -0.1) is 0 Å². The van der Waals surface area contributed by atoms with Gasteiger partial charge in [0.05, 0.1) is 34.9 Å². The number of carbonyl (C=O) groups excluding carboxylic acids is 3. The Morgan fingerprint density at radius 3 is 2.37 bits per heavy atom. The van der Waals surface area contributed by atoms with Gasteiger partial charge in [-0.2, -0.15) is 0 Å². The van der Waals surface area contributed by atoms with Crippen LogP contribution in [0.3, 0.4) is 0 Å². The molecule has 10 heteroatoms. The Hall–Kier alpha value is -4.73. The molecule has 2 amide bonds. The SMILES string of the molecule is COc1ccc(C(=O)OCC(=O)Nc2ccccc2C(=O)NC(C)c2ccccc2)cc1[N+](=O)[O-]. The Bertz CT molecular complexity index is 1240. The molecule has 0 spiro atoms. The number of hydrogen-bond acceptors (Lipinski definition) is 7. The molecule has 0 fully saturated rings. The molecule has 0 saturated carbocycles. The van der Waals surface area contributed by atoms with Gasteiger partial charge in [-0.3, -0.25) is 19.7 Å². The van der Waals surface area contributed by atoms with Gasteiger partial charge in [-0.05, 0) is 36.8 Å². The van der Waals surface area contributed by atoms with Gasteiger partial charge in [0.2, 0.25) is 0 Å². The van der Waals surface area contributed by atoms with Crippen LogP contribution in [-0.2, 0) is 9.53 Å². The van der Waals surface area contributed by atoms with Gasteiger partial charge in [0.25, 0.3) is 11.8 Å². The molecule has 0 aromatic heterocycles. The Kier molecular flexibility index (Phi) is 8.12. The topological polar surface area (TPSA) is 137 Å². The molecule has 0 aliphatic heterocycles. The highest BCUT2D eigenvalue weighted by Gasteiger charge is 2.20. The fourth-order valence-corrected chi connectivity index (χ4v) is 3.25. The van der Waals surface area contributed by atoms with E-state index >= 15 is 0 Å². The minimum atomic E-state index is -0.923. The number of anilines is 1. The summed E-state index contributed by atoms with van der Waals surface area (Å²) >= 11 is 0. The molecule has 0 aliphatic carbocycles. The summed E-state index contributed by atoms with van der Waals surface area (Å²) in [6.07, 6.45) is 0. The average Bonchev–Trinajstić information content (AvgIpc) is 2.87. The number of nitro benzene ring substituents is 1. The first kappa shape index (κ1) is 24.9. The number of para-hydroxylation sites is 1. The maximum Gasteiger partial charge on any atom is 0.338 e. The highest BCUT2D eigenvalue weighted by atomic mass is 16.6. The van der Waals surface area contributed by atoms with E-state index in [0.29, 0.717) is 0 Å². The third-order valence-corrected chi connectivity index (χ3v) is 5.04. The molecule has 10 nitrogen and oxygen atoms in total. The second-order valence-corrected chi connectivity index (χ2v) is 7.42. The third-order valence-electron chi connectivity index (χ3n) is 5.04. The van der Waals surface area contributed by atoms with Crippen molar-refractivity contribution < 1.29 is 28.8 Å². The smallest absolute Gasteiger partial charge is 0.338 e. The van der Waals surface area contributed by atoms with E-state index in [4.69, 9.17) is 9.47 Å². The van der Waals surface area contributed by atoms with Crippen molar-refractivity contribution in [1.29, 1.82) is 0 Å². The van der Waals surface area contributed by atoms with Crippen molar-refractivity contribution in [3.63, 3.8) is 0 Å². The number of nitrogens with one attached hydrogen (secondary N) is 2. The van der Waals surface area contributed by atoms with Crippen molar-refractivity contribution in [1.82, 2.24) is 5.32 Å². The second-order valence-electron chi connectivity index (χ2n) is 7.42. The molecule has 0 radical (unpaired) electrons. The first-order chi connectivity index (χ1) is 16.8. The highest BCUT2D eigenvalue weighted by molar-refractivity contribution is 6.04. The minimum absolute atomic E-state index is 0.0132. The summed E-state index contributed by atoms with van der Waals surface area (Å²) in [4.78, 5) is 47.9. The predicted octanol–water partition coefficient (Wildman–Crippen LogP) is 3.89. The summed E-state index contributed by atoms with van der Waals surface area (Å²) in [5.74, 6) is -2.01. The van der Waals surface area contributed by atoms with Gasteiger partial charge in [-0.25, -0.2) is 4.79 Å². The number of benzene rings is 3. The molecule has 35 heavy (non-hydrogen) atoms. The molecule has 1 atom stereocenters. The molecule has 1 unspecified atom stereocenters. The molecule has 0 saturated heterocycles. The normalized spacial score (nSPS) is 11.1. The highest BCUT2D eigenvalue weighted by Crippen LogP contribution is 2.27. The first-order valence-electron chi connectivity index (χ1n) is 10.5. The van der Waals surface area contributed by atoms with Crippen LogP contribution in [0.15, 0.2) is 72.8 Å². The summed E-state index contributed by atoms with van der Waals surface area (Å²) in [5.41, 5.74) is 0.885. The summed E-state index contributed by atoms with van der Waals surface area (Å²) in [5, 5.41) is 16.6. The number of methoxy groups -OCH3 is 1. The number of amides is 2. The van der Waals surface area contributed by atoms with E-state index < -0.39 is 29.1 Å².